The molecule has 8 rings (SSSR count). The molecule has 3 aromatic rings. The first-order chi connectivity index (χ1) is 24.9. The van der Waals surface area contributed by atoms with Crippen LogP contribution in [0.2, 0.25) is 0 Å². The number of carbonyl (C=O) groups is 2. The van der Waals surface area contributed by atoms with Gasteiger partial charge in [0.15, 0.2) is 11.5 Å². The number of fused-ring (bicyclic) bond motifs is 3. The Labute approximate surface area is 300 Å². The van der Waals surface area contributed by atoms with Gasteiger partial charge in [-0.05, 0) is 68.4 Å². The molecular weight excluding hydrogens is 711 g/mol. The van der Waals surface area contributed by atoms with E-state index >= 15 is 0 Å². The van der Waals surface area contributed by atoms with Crippen LogP contribution in [0, 0.1) is 17.8 Å². The van der Waals surface area contributed by atoms with E-state index in [1.54, 1.807) is 33.9 Å². The molecule has 4 unspecified atom stereocenters. The van der Waals surface area contributed by atoms with Crippen LogP contribution in [0.1, 0.15) is 93.2 Å². The molecule has 1 saturated heterocycles. The Balaban J connectivity index is 1.10. The minimum absolute atomic E-state index is 0.0103. The molecule has 5 fully saturated rings. The normalized spacial score (nSPS) is 31.1. The second-order valence-corrected chi connectivity index (χ2v) is 16.1. The fourth-order valence-corrected chi connectivity index (χ4v) is 9.59. The standard InChI is InChI=1S/C37H40F7N5O4/c1-19-8-20-10-21(9-19)36(14-20,33(51)52)47-32(50)27-15-45-31(46-30(27)37(42,43)44)28-16-49(22-4-6-34(38,39)7-5-22)29-13-24(2-3-26(28)29)53-25-11-23(12-25)48-17-35(40,41)18-48/h2-3,13,15-16,19-23,25H,4-12,14,17-18H2,1H3,(H,47,50)(H,51,52). The number of hydrogen-bond acceptors (Lipinski definition) is 6. The molecule has 9 nitrogen and oxygen atoms in total. The van der Waals surface area contributed by atoms with E-state index in [1.807, 2.05) is 6.92 Å². The maximum absolute atomic E-state index is 14.7. The van der Waals surface area contributed by atoms with E-state index in [0.717, 1.165) is 12.6 Å². The minimum atomic E-state index is -5.11. The number of hydrogen-bond donors (Lipinski definition) is 2. The molecule has 0 spiro atoms. The molecule has 2 aromatic heterocycles. The van der Waals surface area contributed by atoms with Gasteiger partial charge in [0.25, 0.3) is 11.8 Å². The smallest absolute Gasteiger partial charge is 0.434 e. The summed E-state index contributed by atoms with van der Waals surface area (Å²) < 4.78 is 107. The van der Waals surface area contributed by atoms with Crippen LogP contribution in [0.4, 0.5) is 30.7 Å². The highest BCUT2D eigenvalue weighted by atomic mass is 19.4. The zero-order valence-corrected chi connectivity index (χ0v) is 28.9. The molecule has 4 atom stereocenters. The second kappa shape index (κ2) is 12.6. The lowest BCUT2D eigenvalue weighted by atomic mass is 9.78. The van der Waals surface area contributed by atoms with Gasteiger partial charge in [0.05, 0.1) is 24.2 Å². The number of aromatic nitrogens is 3. The number of amides is 1. The maximum atomic E-state index is 14.7. The van der Waals surface area contributed by atoms with Crippen molar-refractivity contribution in [2.75, 3.05) is 13.1 Å². The summed E-state index contributed by atoms with van der Waals surface area (Å²) in [6.07, 6.45) is -0.412. The largest absolute Gasteiger partial charge is 0.490 e. The molecule has 5 aliphatic rings. The summed E-state index contributed by atoms with van der Waals surface area (Å²) in [6, 6.07) is 4.53. The van der Waals surface area contributed by atoms with Crippen LogP contribution in [-0.2, 0) is 11.0 Å². The van der Waals surface area contributed by atoms with Crippen molar-refractivity contribution in [1.82, 2.24) is 24.8 Å². The summed E-state index contributed by atoms with van der Waals surface area (Å²) in [5.41, 5.74) is -3.43. The SMILES string of the molecule is CC1CC2CC(C1)C(NC(=O)c1cnc(-c3cn(C4CCC(F)(F)CC4)c4cc(OC5CC(N6CC(F)(F)C6)C5)ccc34)nc1C(F)(F)F)(C(=O)O)C2. The van der Waals surface area contributed by atoms with E-state index in [4.69, 9.17) is 4.74 Å². The van der Waals surface area contributed by atoms with Gasteiger partial charge in [-0.15, -0.1) is 0 Å². The Morgan fingerprint density at radius 3 is 2.36 bits per heavy atom. The Morgan fingerprint density at radius 1 is 0.981 bits per heavy atom. The molecule has 2 N–H and O–H groups in total. The van der Waals surface area contributed by atoms with Crippen LogP contribution < -0.4 is 10.1 Å². The quantitative estimate of drug-likeness (QED) is 0.227. The first-order valence-corrected chi connectivity index (χ1v) is 18.2. The molecule has 0 radical (unpaired) electrons. The number of likely N-dealkylation sites (tertiary alicyclic amines) is 1. The number of carboxylic acid groups (broad SMARTS) is 1. The summed E-state index contributed by atoms with van der Waals surface area (Å²) >= 11 is 0. The van der Waals surface area contributed by atoms with Crippen LogP contribution in [0.5, 0.6) is 5.75 Å². The number of aliphatic carboxylic acids is 1. The zero-order valence-electron chi connectivity index (χ0n) is 28.9. The molecule has 16 heteroatoms. The number of halogens is 7. The molecule has 4 saturated carbocycles. The van der Waals surface area contributed by atoms with Gasteiger partial charge in [-0.25, -0.2) is 32.3 Å². The molecule has 4 aliphatic carbocycles. The topological polar surface area (TPSA) is 110 Å². The third-order valence-electron chi connectivity index (χ3n) is 12.3. The summed E-state index contributed by atoms with van der Waals surface area (Å²) in [6.45, 7) is 1.44. The molecule has 3 heterocycles. The van der Waals surface area contributed by atoms with E-state index < -0.39 is 58.7 Å². The number of nitrogens with zero attached hydrogens (tertiary/aromatic N) is 4. The third kappa shape index (κ3) is 6.62. The fourth-order valence-electron chi connectivity index (χ4n) is 9.59. The number of carboxylic acids is 1. The van der Waals surface area contributed by atoms with Crippen LogP contribution >= 0.6 is 0 Å². The van der Waals surface area contributed by atoms with Gasteiger partial charge < -0.3 is 19.7 Å². The Kier molecular flexibility index (Phi) is 8.54. The average Bonchev–Trinajstić information content (AvgIpc) is 3.54. The predicted molar refractivity (Wildman–Crippen MR) is 177 cm³/mol. The third-order valence-corrected chi connectivity index (χ3v) is 12.3. The summed E-state index contributed by atoms with van der Waals surface area (Å²) in [5.74, 6) is -8.09. The van der Waals surface area contributed by atoms with Crippen molar-refractivity contribution < 1.29 is 50.2 Å². The Bertz CT molecular complexity index is 1930. The van der Waals surface area contributed by atoms with Gasteiger partial charge in [-0.3, -0.25) is 9.69 Å². The molecular formula is C37H40F7N5O4. The maximum Gasteiger partial charge on any atom is 0.434 e. The van der Waals surface area contributed by atoms with Crippen molar-refractivity contribution in [1.29, 1.82) is 0 Å². The van der Waals surface area contributed by atoms with Gasteiger partial charge in [-0.1, -0.05) is 6.92 Å². The van der Waals surface area contributed by atoms with E-state index in [9.17, 15) is 45.4 Å². The van der Waals surface area contributed by atoms with Crippen molar-refractivity contribution in [2.45, 2.75) is 113 Å². The lowest BCUT2D eigenvalue weighted by molar-refractivity contribution is -0.165. The Morgan fingerprint density at radius 2 is 1.70 bits per heavy atom. The van der Waals surface area contributed by atoms with E-state index in [1.165, 1.54) is 0 Å². The number of benzene rings is 1. The van der Waals surface area contributed by atoms with Gasteiger partial charge >= 0.3 is 12.1 Å². The summed E-state index contributed by atoms with van der Waals surface area (Å²) in [7, 11) is 0. The average molecular weight is 752 g/mol. The van der Waals surface area contributed by atoms with Gasteiger partial charge in [0.2, 0.25) is 5.92 Å². The van der Waals surface area contributed by atoms with Crippen LogP contribution in [0.3, 0.4) is 0 Å². The second-order valence-electron chi connectivity index (χ2n) is 16.1. The van der Waals surface area contributed by atoms with E-state index in [2.05, 4.69) is 15.3 Å². The highest BCUT2D eigenvalue weighted by Crippen LogP contribution is 2.51. The number of ether oxygens (including phenoxy) is 1. The van der Waals surface area contributed by atoms with Gasteiger partial charge in [-0.2, -0.15) is 13.2 Å². The van der Waals surface area contributed by atoms with Crippen molar-refractivity contribution in [3.05, 3.63) is 41.9 Å². The highest BCUT2D eigenvalue weighted by Gasteiger charge is 2.57. The lowest BCUT2D eigenvalue weighted by Gasteiger charge is -2.49. The molecule has 1 aromatic carbocycles. The predicted octanol–water partition coefficient (Wildman–Crippen LogP) is 7.74. The van der Waals surface area contributed by atoms with Crippen molar-refractivity contribution >= 4 is 22.8 Å². The van der Waals surface area contributed by atoms with Crippen molar-refractivity contribution in [3.63, 3.8) is 0 Å². The van der Waals surface area contributed by atoms with Gasteiger partial charge in [0, 0.05) is 67.2 Å². The first kappa shape index (κ1) is 36.0. The van der Waals surface area contributed by atoms with E-state index in [-0.39, 0.29) is 80.6 Å². The van der Waals surface area contributed by atoms with Crippen LogP contribution in [0.25, 0.3) is 22.3 Å². The zero-order chi connectivity index (χ0) is 37.7. The Hall–Kier alpha value is -3.95. The van der Waals surface area contributed by atoms with Crippen molar-refractivity contribution in [2.24, 2.45) is 17.8 Å². The number of rotatable bonds is 8. The van der Waals surface area contributed by atoms with Crippen LogP contribution in [-0.4, -0.2) is 79.0 Å². The highest BCUT2D eigenvalue weighted by molar-refractivity contribution is 6.00. The molecule has 2 bridgehead atoms. The summed E-state index contributed by atoms with van der Waals surface area (Å²) in [5, 5.41) is 13.2. The summed E-state index contributed by atoms with van der Waals surface area (Å²) in [4.78, 5) is 35.9. The monoisotopic (exact) mass is 751 g/mol. The molecule has 286 valence electrons. The van der Waals surface area contributed by atoms with Gasteiger partial charge in [0.1, 0.15) is 17.4 Å². The van der Waals surface area contributed by atoms with Crippen molar-refractivity contribution in [3.8, 4) is 17.1 Å². The number of nitrogens with one attached hydrogen (secondary N) is 1. The molecule has 1 aliphatic heterocycles. The lowest BCUT2D eigenvalue weighted by Crippen LogP contribution is -2.63. The number of carbonyl (C=O) groups excluding carboxylic acids is 1. The number of alkyl halides is 7. The molecule has 1 amide bonds. The van der Waals surface area contributed by atoms with E-state index in [0.29, 0.717) is 42.3 Å². The first-order valence-electron chi connectivity index (χ1n) is 18.2. The van der Waals surface area contributed by atoms with Crippen LogP contribution in [0.15, 0.2) is 30.6 Å². The molecule has 53 heavy (non-hydrogen) atoms. The fraction of sp³-hybridized carbons (Fsp3) is 0.622. The minimum Gasteiger partial charge on any atom is -0.490 e.